The van der Waals surface area contributed by atoms with Crippen molar-refractivity contribution in [3.8, 4) is 16.9 Å². The zero-order chi connectivity index (χ0) is 18.5. The highest BCUT2D eigenvalue weighted by Crippen LogP contribution is 2.20. The van der Waals surface area contributed by atoms with Crippen LogP contribution in [-0.4, -0.2) is 40.9 Å². The molecule has 0 saturated heterocycles. The number of carbonyl (C=O) groups is 1. The molecule has 0 bridgehead atoms. The van der Waals surface area contributed by atoms with Gasteiger partial charge in [0.1, 0.15) is 11.5 Å². The summed E-state index contributed by atoms with van der Waals surface area (Å²) in [5.74, 6) is -1.61. The van der Waals surface area contributed by atoms with Crippen LogP contribution in [0, 0.1) is 11.6 Å². The van der Waals surface area contributed by atoms with Crippen molar-refractivity contribution < 1.29 is 18.3 Å². The van der Waals surface area contributed by atoms with Crippen molar-refractivity contribution in [1.82, 2.24) is 20.1 Å². The van der Waals surface area contributed by atoms with E-state index in [1.165, 1.54) is 23.1 Å². The number of methoxy groups -OCH3 is 1. The lowest BCUT2D eigenvalue weighted by Gasteiger charge is -2.05. The van der Waals surface area contributed by atoms with E-state index in [2.05, 4.69) is 15.4 Å². The first-order chi connectivity index (χ1) is 12.6. The van der Waals surface area contributed by atoms with Crippen molar-refractivity contribution in [2.24, 2.45) is 0 Å². The van der Waals surface area contributed by atoms with E-state index in [0.29, 0.717) is 30.0 Å². The quantitative estimate of drug-likeness (QED) is 0.688. The van der Waals surface area contributed by atoms with Crippen molar-refractivity contribution in [1.29, 1.82) is 0 Å². The van der Waals surface area contributed by atoms with Crippen LogP contribution in [0.25, 0.3) is 16.9 Å². The van der Waals surface area contributed by atoms with Crippen LogP contribution in [-0.2, 0) is 4.74 Å². The lowest BCUT2D eigenvalue weighted by molar-refractivity contribution is 0.0937. The first-order valence-electron chi connectivity index (χ1n) is 7.82. The largest absolute Gasteiger partial charge is 0.383 e. The lowest BCUT2D eigenvalue weighted by Crippen LogP contribution is -2.26. The van der Waals surface area contributed by atoms with Gasteiger partial charge in [-0.05, 0) is 24.3 Å². The molecule has 0 radical (unpaired) electrons. The van der Waals surface area contributed by atoms with Gasteiger partial charge in [0, 0.05) is 37.7 Å². The first-order valence-corrected chi connectivity index (χ1v) is 7.82. The minimum atomic E-state index is -0.712. The van der Waals surface area contributed by atoms with Gasteiger partial charge in [0.15, 0.2) is 5.82 Å². The molecule has 1 amide bonds. The molecule has 0 unspecified atom stereocenters. The van der Waals surface area contributed by atoms with Crippen molar-refractivity contribution in [3.63, 3.8) is 0 Å². The van der Waals surface area contributed by atoms with Crippen LogP contribution in [0.1, 0.15) is 10.4 Å². The third-order valence-electron chi connectivity index (χ3n) is 3.65. The van der Waals surface area contributed by atoms with Crippen LogP contribution in [0.4, 0.5) is 8.78 Å². The van der Waals surface area contributed by atoms with Crippen LogP contribution in [0.15, 0.2) is 48.9 Å². The van der Waals surface area contributed by atoms with E-state index in [-0.39, 0.29) is 11.6 Å². The number of aromatic nitrogens is 3. The lowest BCUT2D eigenvalue weighted by atomic mass is 10.2. The average molecular weight is 358 g/mol. The van der Waals surface area contributed by atoms with Gasteiger partial charge in [-0.1, -0.05) is 0 Å². The van der Waals surface area contributed by atoms with Gasteiger partial charge in [0.2, 0.25) is 0 Å². The van der Waals surface area contributed by atoms with Crippen LogP contribution in [0.3, 0.4) is 0 Å². The molecule has 0 fully saturated rings. The highest BCUT2D eigenvalue weighted by Gasteiger charge is 2.11. The Labute approximate surface area is 148 Å². The molecule has 6 nitrogen and oxygen atoms in total. The maximum absolute atomic E-state index is 13.8. The Morgan fingerprint density at radius 1 is 1.23 bits per heavy atom. The van der Waals surface area contributed by atoms with Crippen molar-refractivity contribution >= 4 is 5.91 Å². The number of benzene rings is 1. The summed E-state index contributed by atoms with van der Waals surface area (Å²) in [5, 5.41) is 6.78. The van der Waals surface area contributed by atoms with Gasteiger partial charge in [0.05, 0.1) is 24.1 Å². The number of nitrogens with zero attached hydrogens (tertiary/aromatic N) is 3. The molecule has 134 valence electrons. The number of rotatable bonds is 6. The summed E-state index contributed by atoms with van der Waals surface area (Å²) < 4.78 is 33.0. The van der Waals surface area contributed by atoms with Crippen LogP contribution >= 0.6 is 0 Å². The van der Waals surface area contributed by atoms with Crippen molar-refractivity contribution in [2.75, 3.05) is 20.3 Å². The fourth-order valence-electron chi connectivity index (χ4n) is 2.32. The summed E-state index contributed by atoms with van der Waals surface area (Å²) in [7, 11) is 1.56. The zero-order valence-electron chi connectivity index (χ0n) is 13.9. The Morgan fingerprint density at radius 2 is 2.08 bits per heavy atom. The topological polar surface area (TPSA) is 69.0 Å². The molecule has 8 heteroatoms. The summed E-state index contributed by atoms with van der Waals surface area (Å²) in [6.45, 7) is 0.837. The molecule has 0 atom stereocenters. The predicted molar refractivity (Wildman–Crippen MR) is 90.9 cm³/mol. The van der Waals surface area contributed by atoms with Crippen LogP contribution in [0.2, 0.25) is 0 Å². The number of halogens is 2. The van der Waals surface area contributed by atoms with E-state index in [0.717, 1.165) is 12.1 Å². The number of carbonyl (C=O) groups excluding carboxylic acids is 1. The fourth-order valence-corrected chi connectivity index (χ4v) is 2.32. The average Bonchev–Trinajstić information content (AvgIpc) is 3.12. The Kier molecular flexibility index (Phi) is 5.33. The second-order valence-corrected chi connectivity index (χ2v) is 5.45. The number of hydrogen-bond acceptors (Lipinski definition) is 4. The maximum Gasteiger partial charge on any atom is 0.252 e. The smallest absolute Gasteiger partial charge is 0.252 e. The van der Waals surface area contributed by atoms with Gasteiger partial charge in [-0.25, -0.2) is 13.5 Å². The molecule has 0 spiro atoms. The Balaban J connectivity index is 1.76. The van der Waals surface area contributed by atoms with E-state index < -0.39 is 11.6 Å². The number of pyridine rings is 1. The van der Waals surface area contributed by atoms with Gasteiger partial charge < -0.3 is 10.1 Å². The molecule has 0 saturated carbocycles. The number of ether oxygens (including phenoxy) is 1. The van der Waals surface area contributed by atoms with E-state index in [4.69, 9.17) is 4.74 Å². The second-order valence-electron chi connectivity index (χ2n) is 5.45. The molecule has 0 aliphatic carbocycles. The van der Waals surface area contributed by atoms with Crippen molar-refractivity contribution in [3.05, 3.63) is 66.1 Å². The van der Waals surface area contributed by atoms with Gasteiger partial charge in [-0.15, -0.1) is 0 Å². The summed E-state index contributed by atoms with van der Waals surface area (Å²) in [6, 6.07) is 6.58. The minimum Gasteiger partial charge on any atom is -0.383 e. The summed E-state index contributed by atoms with van der Waals surface area (Å²) in [5.41, 5.74) is 1.76. The minimum absolute atomic E-state index is 0.131. The molecule has 2 heterocycles. The second kappa shape index (κ2) is 7.83. The Morgan fingerprint density at radius 3 is 2.77 bits per heavy atom. The Bertz CT molecular complexity index is 910. The SMILES string of the molecule is COCCNC(=O)c1ccc(-c2cnn(-c3ccc(F)cc3F)c2)nc1. The van der Waals surface area contributed by atoms with Crippen molar-refractivity contribution in [2.45, 2.75) is 0 Å². The highest BCUT2D eigenvalue weighted by atomic mass is 19.1. The molecule has 3 aromatic rings. The molecule has 1 N–H and O–H groups in total. The van der Waals surface area contributed by atoms with Gasteiger partial charge in [0.25, 0.3) is 5.91 Å². The monoisotopic (exact) mass is 358 g/mol. The van der Waals surface area contributed by atoms with E-state index in [9.17, 15) is 13.6 Å². The first kappa shape index (κ1) is 17.7. The molecule has 1 aromatic carbocycles. The third kappa shape index (κ3) is 3.92. The standard InChI is InChI=1S/C18H16F2N4O2/c1-26-7-6-21-18(25)12-2-4-16(22-9-12)13-10-23-24(11-13)17-5-3-14(19)8-15(17)20/h2-5,8-11H,6-7H2,1H3,(H,21,25). The van der Waals surface area contributed by atoms with Gasteiger partial charge >= 0.3 is 0 Å². The summed E-state index contributed by atoms with van der Waals surface area (Å²) in [4.78, 5) is 16.2. The summed E-state index contributed by atoms with van der Waals surface area (Å²) in [6.07, 6.45) is 4.55. The molecule has 0 aliphatic heterocycles. The third-order valence-corrected chi connectivity index (χ3v) is 3.65. The molecular formula is C18H16F2N4O2. The number of hydrogen-bond donors (Lipinski definition) is 1. The molecule has 26 heavy (non-hydrogen) atoms. The predicted octanol–water partition coefficient (Wildman–Crippen LogP) is 2.59. The van der Waals surface area contributed by atoms with E-state index in [1.54, 1.807) is 25.4 Å². The summed E-state index contributed by atoms with van der Waals surface area (Å²) >= 11 is 0. The number of nitrogens with one attached hydrogen (secondary N) is 1. The molecule has 2 aromatic heterocycles. The van der Waals surface area contributed by atoms with Crippen LogP contribution in [0.5, 0.6) is 0 Å². The van der Waals surface area contributed by atoms with E-state index in [1.807, 2.05) is 0 Å². The maximum atomic E-state index is 13.8. The molecule has 0 aliphatic rings. The fraction of sp³-hybridized carbons (Fsp3) is 0.167. The molecular weight excluding hydrogens is 342 g/mol. The van der Waals surface area contributed by atoms with E-state index >= 15 is 0 Å². The van der Waals surface area contributed by atoms with Crippen LogP contribution < -0.4 is 5.32 Å². The Hall–Kier alpha value is -3.13. The normalized spacial score (nSPS) is 10.7. The number of amides is 1. The zero-order valence-corrected chi connectivity index (χ0v) is 13.9. The highest BCUT2D eigenvalue weighted by molar-refractivity contribution is 5.94. The van der Waals surface area contributed by atoms with Gasteiger partial charge in [-0.2, -0.15) is 5.10 Å². The van der Waals surface area contributed by atoms with Gasteiger partial charge in [-0.3, -0.25) is 9.78 Å². The molecule has 3 rings (SSSR count).